The van der Waals surface area contributed by atoms with Gasteiger partial charge in [0.05, 0.1) is 22.3 Å². The largest absolute Gasteiger partial charge is 0.368 e. The summed E-state index contributed by atoms with van der Waals surface area (Å²) in [5.41, 5.74) is 6.47. The van der Waals surface area contributed by atoms with Crippen LogP contribution in [-0.4, -0.2) is 52.9 Å². The average molecular weight is 318 g/mol. The molecular formula is C16H22N4OS. The molecule has 5 nitrogen and oxygen atoms in total. The molecule has 0 spiro atoms. The van der Waals surface area contributed by atoms with Gasteiger partial charge in [-0.3, -0.25) is 14.6 Å². The second-order valence-electron chi connectivity index (χ2n) is 5.85. The third kappa shape index (κ3) is 2.99. The first-order valence-electron chi connectivity index (χ1n) is 7.69. The summed E-state index contributed by atoms with van der Waals surface area (Å²) in [7, 11) is 0. The predicted molar refractivity (Wildman–Crippen MR) is 89.8 cm³/mol. The van der Waals surface area contributed by atoms with Crippen LogP contribution in [0.2, 0.25) is 0 Å². The molecule has 118 valence electrons. The highest BCUT2D eigenvalue weighted by molar-refractivity contribution is 7.18. The van der Waals surface area contributed by atoms with Crippen LogP contribution in [0, 0.1) is 0 Å². The highest BCUT2D eigenvalue weighted by atomic mass is 32.1. The molecule has 3 rings (SSSR count). The number of piperazine rings is 1. The number of hydrogen-bond donors (Lipinski definition) is 1. The van der Waals surface area contributed by atoms with Gasteiger partial charge in [-0.15, -0.1) is 11.3 Å². The van der Waals surface area contributed by atoms with Gasteiger partial charge in [0.15, 0.2) is 0 Å². The van der Waals surface area contributed by atoms with Crippen molar-refractivity contribution in [2.75, 3.05) is 26.2 Å². The smallest absolute Gasteiger partial charge is 0.234 e. The van der Waals surface area contributed by atoms with Gasteiger partial charge < -0.3 is 5.73 Å². The van der Waals surface area contributed by atoms with Crippen molar-refractivity contribution in [2.24, 2.45) is 5.73 Å². The number of carbonyl (C=O) groups excluding carboxylic acids is 1. The topological polar surface area (TPSA) is 62.5 Å². The zero-order chi connectivity index (χ0) is 15.7. The summed E-state index contributed by atoms with van der Waals surface area (Å²) >= 11 is 1.77. The second kappa shape index (κ2) is 6.32. The maximum Gasteiger partial charge on any atom is 0.234 e. The molecule has 1 aromatic heterocycles. The van der Waals surface area contributed by atoms with Crippen LogP contribution in [0.1, 0.15) is 24.9 Å². The fourth-order valence-electron chi connectivity index (χ4n) is 2.92. The minimum absolute atomic E-state index is 0.181. The molecule has 1 aliphatic rings. The number of nitrogens with two attached hydrogens (primary N) is 1. The standard InChI is InChI=1S/C16H22N4OS/c1-11(15(17)21)19-7-9-20(10-8-19)12(2)16-18-13-5-3-4-6-14(13)22-16/h3-6,11-12H,7-10H2,1-2H3,(H2,17,21). The van der Waals surface area contributed by atoms with Crippen LogP contribution in [0.25, 0.3) is 10.2 Å². The van der Waals surface area contributed by atoms with Crippen molar-refractivity contribution in [3.05, 3.63) is 29.3 Å². The van der Waals surface area contributed by atoms with Crippen LogP contribution >= 0.6 is 11.3 Å². The van der Waals surface area contributed by atoms with Gasteiger partial charge in [-0.2, -0.15) is 0 Å². The summed E-state index contributed by atoms with van der Waals surface area (Å²) in [6, 6.07) is 8.40. The number of carbonyl (C=O) groups is 1. The molecule has 1 amide bonds. The number of amides is 1. The van der Waals surface area contributed by atoms with E-state index in [0.717, 1.165) is 36.7 Å². The highest BCUT2D eigenvalue weighted by Crippen LogP contribution is 2.30. The van der Waals surface area contributed by atoms with E-state index in [1.807, 2.05) is 13.0 Å². The number of hydrogen-bond acceptors (Lipinski definition) is 5. The first-order valence-corrected chi connectivity index (χ1v) is 8.51. The summed E-state index contributed by atoms with van der Waals surface area (Å²) in [6.07, 6.45) is 0. The Morgan fingerprint density at radius 2 is 1.82 bits per heavy atom. The molecule has 6 heteroatoms. The Morgan fingerprint density at radius 1 is 1.18 bits per heavy atom. The summed E-state index contributed by atoms with van der Waals surface area (Å²) < 4.78 is 1.24. The van der Waals surface area contributed by atoms with Crippen LogP contribution in [0.5, 0.6) is 0 Å². The summed E-state index contributed by atoms with van der Waals surface area (Å²) in [5, 5.41) is 1.16. The lowest BCUT2D eigenvalue weighted by molar-refractivity contribution is -0.123. The molecule has 0 aliphatic carbocycles. The molecule has 22 heavy (non-hydrogen) atoms. The molecule has 2 atom stereocenters. The number of para-hydroxylation sites is 1. The number of aromatic nitrogens is 1. The summed E-state index contributed by atoms with van der Waals surface area (Å²) in [6.45, 7) is 7.72. The van der Waals surface area contributed by atoms with Crippen LogP contribution < -0.4 is 5.73 Å². The van der Waals surface area contributed by atoms with Crippen molar-refractivity contribution in [1.82, 2.24) is 14.8 Å². The first-order chi connectivity index (χ1) is 10.6. The quantitative estimate of drug-likeness (QED) is 0.934. The van der Waals surface area contributed by atoms with Crippen LogP contribution in [0.15, 0.2) is 24.3 Å². The normalized spacial score (nSPS) is 20.1. The number of nitrogens with zero attached hydrogens (tertiary/aromatic N) is 3. The number of thiazole rings is 1. The van der Waals surface area contributed by atoms with E-state index < -0.39 is 0 Å². The van der Waals surface area contributed by atoms with Gasteiger partial charge in [-0.25, -0.2) is 4.98 Å². The van der Waals surface area contributed by atoms with Gasteiger partial charge in [-0.05, 0) is 26.0 Å². The number of fused-ring (bicyclic) bond motifs is 1. The Hall–Kier alpha value is -1.50. The molecule has 2 unspecified atom stereocenters. The predicted octanol–water partition coefficient (Wildman–Crippen LogP) is 1.85. The molecule has 1 aromatic carbocycles. The van der Waals surface area contributed by atoms with Crippen molar-refractivity contribution in [2.45, 2.75) is 25.9 Å². The fourth-order valence-corrected chi connectivity index (χ4v) is 3.97. The van der Waals surface area contributed by atoms with Crippen LogP contribution in [-0.2, 0) is 4.79 Å². The number of benzene rings is 1. The average Bonchev–Trinajstić information content (AvgIpc) is 2.97. The van der Waals surface area contributed by atoms with Crippen LogP contribution in [0.4, 0.5) is 0 Å². The van der Waals surface area contributed by atoms with Gasteiger partial charge >= 0.3 is 0 Å². The lowest BCUT2D eigenvalue weighted by Gasteiger charge is -2.39. The molecule has 1 fully saturated rings. The number of primary amides is 1. The summed E-state index contributed by atoms with van der Waals surface area (Å²) in [4.78, 5) is 20.6. The van der Waals surface area contributed by atoms with E-state index in [2.05, 4.69) is 34.9 Å². The van der Waals surface area contributed by atoms with Gasteiger partial charge in [-0.1, -0.05) is 12.1 Å². The molecule has 2 aromatic rings. The molecule has 2 heterocycles. The molecule has 1 aliphatic heterocycles. The Labute approximate surface area is 134 Å². The van der Waals surface area contributed by atoms with E-state index in [4.69, 9.17) is 10.7 Å². The van der Waals surface area contributed by atoms with Crippen molar-refractivity contribution < 1.29 is 4.79 Å². The van der Waals surface area contributed by atoms with Gasteiger partial charge in [0.1, 0.15) is 5.01 Å². The Kier molecular flexibility index (Phi) is 4.42. The SMILES string of the molecule is CC(C(N)=O)N1CCN(C(C)c2nc3ccccc3s2)CC1. The van der Waals surface area contributed by atoms with E-state index >= 15 is 0 Å². The monoisotopic (exact) mass is 318 g/mol. The third-order valence-electron chi connectivity index (χ3n) is 4.52. The van der Waals surface area contributed by atoms with Crippen molar-refractivity contribution >= 4 is 27.5 Å². The minimum atomic E-state index is -0.243. The lowest BCUT2D eigenvalue weighted by Crippen LogP contribution is -2.53. The van der Waals surface area contributed by atoms with Crippen molar-refractivity contribution in [3.63, 3.8) is 0 Å². The van der Waals surface area contributed by atoms with Crippen molar-refractivity contribution in [3.8, 4) is 0 Å². The summed E-state index contributed by atoms with van der Waals surface area (Å²) in [5.74, 6) is -0.243. The Bertz CT molecular complexity index is 630. The second-order valence-corrected chi connectivity index (χ2v) is 6.91. The zero-order valence-corrected chi connectivity index (χ0v) is 13.8. The van der Waals surface area contributed by atoms with Crippen molar-refractivity contribution in [1.29, 1.82) is 0 Å². The van der Waals surface area contributed by atoms with Gasteiger partial charge in [0, 0.05) is 26.2 Å². The molecule has 2 N–H and O–H groups in total. The third-order valence-corrected chi connectivity index (χ3v) is 5.73. The van der Waals surface area contributed by atoms with E-state index in [1.54, 1.807) is 11.3 Å². The van der Waals surface area contributed by atoms with Crippen LogP contribution in [0.3, 0.4) is 0 Å². The highest BCUT2D eigenvalue weighted by Gasteiger charge is 2.27. The maximum absolute atomic E-state index is 11.3. The van der Waals surface area contributed by atoms with E-state index in [0.29, 0.717) is 6.04 Å². The van der Waals surface area contributed by atoms with Gasteiger partial charge in [0.25, 0.3) is 0 Å². The van der Waals surface area contributed by atoms with Gasteiger partial charge in [0.2, 0.25) is 5.91 Å². The molecule has 0 bridgehead atoms. The van der Waals surface area contributed by atoms with E-state index in [9.17, 15) is 4.79 Å². The van der Waals surface area contributed by atoms with E-state index in [1.165, 1.54) is 4.70 Å². The minimum Gasteiger partial charge on any atom is -0.368 e. The lowest BCUT2D eigenvalue weighted by atomic mass is 10.2. The molecule has 0 radical (unpaired) electrons. The fraction of sp³-hybridized carbons (Fsp3) is 0.500. The Morgan fingerprint density at radius 3 is 2.45 bits per heavy atom. The van der Waals surface area contributed by atoms with E-state index in [-0.39, 0.29) is 11.9 Å². The zero-order valence-electron chi connectivity index (χ0n) is 13.0. The first kappa shape index (κ1) is 15.4. The maximum atomic E-state index is 11.3. The number of rotatable bonds is 4. The molecule has 0 saturated carbocycles. The molecule has 1 saturated heterocycles. The molecular weight excluding hydrogens is 296 g/mol. The Balaban J connectivity index is 1.66.